The van der Waals surface area contributed by atoms with E-state index in [-0.39, 0.29) is 17.4 Å². The summed E-state index contributed by atoms with van der Waals surface area (Å²) in [5.41, 5.74) is 1.21. The number of benzene rings is 2. The first kappa shape index (κ1) is 15.7. The van der Waals surface area contributed by atoms with E-state index in [0.29, 0.717) is 22.6 Å². The van der Waals surface area contributed by atoms with Crippen LogP contribution in [-0.2, 0) is 9.53 Å². The zero-order valence-corrected chi connectivity index (χ0v) is 13.1. The lowest BCUT2D eigenvalue weighted by molar-refractivity contribution is -0.129. The van der Waals surface area contributed by atoms with Gasteiger partial charge in [-0.1, -0.05) is 18.2 Å². The maximum Gasteiger partial charge on any atom is 0.363 e. The molecule has 1 aliphatic heterocycles. The van der Waals surface area contributed by atoms with Crippen LogP contribution in [-0.4, -0.2) is 26.1 Å². The number of rotatable bonds is 4. The SMILES string of the molecule is COc1cccc(OC)c1C1=N/C(=C/c2ccc(F)cc2)C(=O)O1. The lowest BCUT2D eigenvalue weighted by Crippen LogP contribution is -2.08. The highest BCUT2D eigenvalue weighted by Crippen LogP contribution is 2.32. The van der Waals surface area contributed by atoms with Crippen molar-refractivity contribution in [3.63, 3.8) is 0 Å². The summed E-state index contributed by atoms with van der Waals surface area (Å²) < 4.78 is 28.8. The molecule has 0 spiro atoms. The molecule has 0 radical (unpaired) electrons. The van der Waals surface area contributed by atoms with Crippen LogP contribution in [0.2, 0.25) is 0 Å². The van der Waals surface area contributed by atoms with E-state index in [0.717, 1.165) is 0 Å². The van der Waals surface area contributed by atoms with Crippen LogP contribution in [0.1, 0.15) is 11.1 Å². The van der Waals surface area contributed by atoms with E-state index >= 15 is 0 Å². The lowest BCUT2D eigenvalue weighted by Gasteiger charge is -2.11. The van der Waals surface area contributed by atoms with Gasteiger partial charge < -0.3 is 14.2 Å². The van der Waals surface area contributed by atoms with E-state index in [2.05, 4.69) is 4.99 Å². The minimum atomic E-state index is -0.595. The molecule has 3 rings (SSSR count). The Morgan fingerprint density at radius 3 is 2.25 bits per heavy atom. The molecule has 2 aromatic rings. The molecule has 1 heterocycles. The highest BCUT2D eigenvalue weighted by molar-refractivity contribution is 6.14. The molecule has 6 heteroatoms. The molecule has 0 bridgehead atoms. The van der Waals surface area contributed by atoms with Gasteiger partial charge in [-0.3, -0.25) is 0 Å². The van der Waals surface area contributed by atoms with Crippen LogP contribution in [0.3, 0.4) is 0 Å². The largest absolute Gasteiger partial charge is 0.496 e. The summed E-state index contributed by atoms with van der Waals surface area (Å²) in [4.78, 5) is 16.3. The Morgan fingerprint density at radius 2 is 1.67 bits per heavy atom. The molecule has 0 N–H and O–H groups in total. The van der Waals surface area contributed by atoms with Crippen molar-refractivity contribution in [2.75, 3.05) is 14.2 Å². The number of methoxy groups -OCH3 is 2. The number of esters is 1. The highest BCUT2D eigenvalue weighted by Gasteiger charge is 2.28. The number of nitrogens with zero attached hydrogens (tertiary/aromatic N) is 1. The van der Waals surface area contributed by atoms with Gasteiger partial charge in [0.2, 0.25) is 5.90 Å². The van der Waals surface area contributed by atoms with Crippen molar-refractivity contribution in [1.29, 1.82) is 0 Å². The van der Waals surface area contributed by atoms with Crippen molar-refractivity contribution in [2.45, 2.75) is 0 Å². The normalized spacial score (nSPS) is 15.2. The predicted molar refractivity (Wildman–Crippen MR) is 86.6 cm³/mol. The fraction of sp³-hybridized carbons (Fsp3) is 0.111. The quantitative estimate of drug-likeness (QED) is 0.639. The molecule has 24 heavy (non-hydrogen) atoms. The number of halogens is 1. The Kier molecular flexibility index (Phi) is 4.29. The third kappa shape index (κ3) is 2.99. The van der Waals surface area contributed by atoms with Crippen molar-refractivity contribution >= 4 is 17.9 Å². The molecule has 0 atom stereocenters. The Morgan fingerprint density at radius 1 is 1.04 bits per heavy atom. The Hall–Kier alpha value is -3.15. The van der Waals surface area contributed by atoms with Gasteiger partial charge in [-0.15, -0.1) is 0 Å². The third-order valence-corrected chi connectivity index (χ3v) is 3.44. The average Bonchev–Trinajstić information content (AvgIpc) is 2.96. The van der Waals surface area contributed by atoms with Gasteiger partial charge in [0, 0.05) is 0 Å². The minimum absolute atomic E-state index is 0.0997. The van der Waals surface area contributed by atoms with Gasteiger partial charge >= 0.3 is 5.97 Å². The van der Waals surface area contributed by atoms with E-state index in [1.54, 1.807) is 30.3 Å². The summed E-state index contributed by atoms with van der Waals surface area (Å²) in [5.74, 6) is 0.104. The second-order valence-corrected chi connectivity index (χ2v) is 4.93. The molecule has 0 aromatic heterocycles. The van der Waals surface area contributed by atoms with Crippen molar-refractivity contribution < 1.29 is 23.4 Å². The molecule has 0 saturated heterocycles. The summed E-state index contributed by atoms with van der Waals surface area (Å²) in [6.45, 7) is 0. The number of cyclic esters (lactones) is 1. The Labute approximate surface area is 138 Å². The highest BCUT2D eigenvalue weighted by atomic mass is 19.1. The molecule has 122 valence electrons. The lowest BCUT2D eigenvalue weighted by atomic mass is 10.1. The minimum Gasteiger partial charge on any atom is -0.496 e. The van der Waals surface area contributed by atoms with Crippen molar-refractivity contribution in [2.24, 2.45) is 4.99 Å². The van der Waals surface area contributed by atoms with Crippen LogP contribution >= 0.6 is 0 Å². The first-order valence-electron chi connectivity index (χ1n) is 7.12. The van der Waals surface area contributed by atoms with Crippen LogP contribution < -0.4 is 9.47 Å². The van der Waals surface area contributed by atoms with Gasteiger partial charge in [-0.05, 0) is 35.9 Å². The number of hydrogen-bond donors (Lipinski definition) is 0. The molecule has 2 aromatic carbocycles. The van der Waals surface area contributed by atoms with Crippen LogP contribution in [0.4, 0.5) is 4.39 Å². The fourth-order valence-electron chi connectivity index (χ4n) is 2.29. The molecule has 1 aliphatic rings. The second-order valence-electron chi connectivity index (χ2n) is 4.93. The molecule has 0 fully saturated rings. The van der Waals surface area contributed by atoms with Crippen LogP contribution in [0, 0.1) is 5.82 Å². The zero-order chi connectivity index (χ0) is 17.1. The zero-order valence-electron chi connectivity index (χ0n) is 13.1. The van der Waals surface area contributed by atoms with Crippen LogP contribution in [0.5, 0.6) is 11.5 Å². The molecule has 0 unspecified atom stereocenters. The van der Waals surface area contributed by atoms with Crippen molar-refractivity contribution in [1.82, 2.24) is 0 Å². The number of hydrogen-bond acceptors (Lipinski definition) is 5. The standard InChI is InChI=1S/C18H14FNO4/c1-22-14-4-3-5-15(23-2)16(14)17-20-13(18(21)24-17)10-11-6-8-12(19)9-7-11/h3-10H,1-2H3/b13-10+. The van der Waals surface area contributed by atoms with E-state index in [1.165, 1.54) is 32.4 Å². The average molecular weight is 327 g/mol. The monoisotopic (exact) mass is 327 g/mol. The number of carbonyl (C=O) groups excluding carboxylic acids is 1. The van der Waals surface area contributed by atoms with E-state index in [9.17, 15) is 9.18 Å². The van der Waals surface area contributed by atoms with Gasteiger partial charge in [0.05, 0.1) is 14.2 Å². The molecular formula is C18H14FNO4. The van der Waals surface area contributed by atoms with E-state index in [4.69, 9.17) is 14.2 Å². The molecule has 5 nitrogen and oxygen atoms in total. The summed E-state index contributed by atoms with van der Waals surface area (Å²) in [6.07, 6.45) is 1.52. The van der Waals surface area contributed by atoms with E-state index < -0.39 is 5.97 Å². The molecule has 0 amide bonds. The third-order valence-electron chi connectivity index (χ3n) is 3.44. The van der Waals surface area contributed by atoms with Gasteiger partial charge in [0.15, 0.2) is 5.70 Å². The number of carbonyl (C=O) groups is 1. The Bertz CT molecular complexity index is 818. The first-order chi connectivity index (χ1) is 11.6. The summed E-state index contributed by atoms with van der Waals surface area (Å²) >= 11 is 0. The summed E-state index contributed by atoms with van der Waals surface area (Å²) in [6, 6.07) is 10.9. The first-order valence-corrected chi connectivity index (χ1v) is 7.12. The topological polar surface area (TPSA) is 57.1 Å². The van der Waals surface area contributed by atoms with Gasteiger partial charge in [0.1, 0.15) is 22.9 Å². The van der Waals surface area contributed by atoms with Crippen LogP contribution in [0.25, 0.3) is 6.08 Å². The predicted octanol–water partition coefficient (Wildman–Crippen LogP) is 3.19. The molecular weight excluding hydrogens is 313 g/mol. The van der Waals surface area contributed by atoms with Gasteiger partial charge in [-0.25, -0.2) is 14.2 Å². The summed E-state index contributed by atoms with van der Waals surface area (Å²) in [5, 5.41) is 0. The maximum absolute atomic E-state index is 13.0. The number of ether oxygens (including phenoxy) is 3. The van der Waals surface area contributed by atoms with Crippen LogP contribution in [0.15, 0.2) is 53.2 Å². The van der Waals surface area contributed by atoms with E-state index in [1.807, 2.05) is 0 Å². The van der Waals surface area contributed by atoms with Gasteiger partial charge in [-0.2, -0.15) is 0 Å². The van der Waals surface area contributed by atoms with Crippen molar-refractivity contribution in [3.8, 4) is 11.5 Å². The van der Waals surface area contributed by atoms with Crippen molar-refractivity contribution in [3.05, 3.63) is 65.1 Å². The Balaban J connectivity index is 2.02. The fourth-order valence-corrected chi connectivity index (χ4v) is 2.29. The number of aliphatic imine (C=N–C) groups is 1. The maximum atomic E-state index is 13.0. The summed E-state index contributed by atoms with van der Waals surface area (Å²) in [7, 11) is 3.01. The molecule has 0 saturated carbocycles. The second kappa shape index (κ2) is 6.54. The smallest absolute Gasteiger partial charge is 0.363 e. The molecule has 0 aliphatic carbocycles. The van der Waals surface area contributed by atoms with Gasteiger partial charge in [0.25, 0.3) is 0 Å².